The van der Waals surface area contributed by atoms with Crippen LogP contribution in [-0.2, 0) is 14.3 Å². The van der Waals surface area contributed by atoms with Gasteiger partial charge in [-0.3, -0.25) is 9.59 Å². The molecule has 0 radical (unpaired) electrons. The predicted octanol–water partition coefficient (Wildman–Crippen LogP) is 4.67. The van der Waals surface area contributed by atoms with Gasteiger partial charge < -0.3 is 10.1 Å². The highest BCUT2D eigenvalue weighted by Crippen LogP contribution is 2.21. The SMILES string of the molecule is C[C@H](OC(=O)CCSc1ccc(Cl)cc1)C(=O)Nc1c(F)cccc1F. The summed E-state index contributed by atoms with van der Waals surface area (Å²) in [5, 5.41) is 2.71. The molecular weight excluding hydrogens is 384 g/mol. The fourth-order valence-corrected chi connectivity index (χ4v) is 2.89. The van der Waals surface area contributed by atoms with E-state index in [9.17, 15) is 18.4 Å². The molecule has 2 aromatic carbocycles. The van der Waals surface area contributed by atoms with Crippen LogP contribution in [0.4, 0.5) is 14.5 Å². The van der Waals surface area contributed by atoms with Crippen LogP contribution in [0.1, 0.15) is 13.3 Å². The standard InChI is InChI=1S/C18H16ClF2NO3S/c1-11(18(24)22-17-14(20)3-2-4-15(17)21)25-16(23)9-10-26-13-7-5-12(19)6-8-13/h2-8,11H,9-10H2,1H3,(H,22,24)/t11-/m0/s1. The van der Waals surface area contributed by atoms with E-state index in [1.807, 2.05) is 12.1 Å². The van der Waals surface area contributed by atoms with Gasteiger partial charge >= 0.3 is 5.97 Å². The van der Waals surface area contributed by atoms with Crippen LogP contribution in [0.3, 0.4) is 0 Å². The van der Waals surface area contributed by atoms with Crippen LogP contribution in [0.5, 0.6) is 0 Å². The first kappa shape index (κ1) is 20.2. The summed E-state index contributed by atoms with van der Waals surface area (Å²) in [6.45, 7) is 1.33. The number of carbonyl (C=O) groups is 2. The van der Waals surface area contributed by atoms with Crippen molar-refractivity contribution < 1.29 is 23.1 Å². The maximum Gasteiger partial charge on any atom is 0.307 e. The molecule has 138 valence electrons. The molecule has 2 rings (SSSR count). The summed E-state index contributed by atoms with van der Waals surface area (Å²) in [5.41, 5.74) is -0.571. The Morgan fingerprint density at radius 3 is 2.38 bits per heavy atom. The molecular formula is C18H16ClF2NO3S. The van der Waals surface area contributed by atoms with E-state index >= 15 is 0 Å². The van der Waals surface area contributed by atoms with E-state index < -0.39 is 35.3 Å². The van der Waals surface area contributed by atoms with Crippen molar-refractivity contribution in [3.63, 3.8) is 0 Å². The highest BCUT2D eigenvalue weighted by molar-refractivity contribution is 7.99. The summed E-state index contributed by atoms with van der Waals surface area (Å²) in [6.07, 6.45) is -1.10. The van der Waals surface area contributed by atoms with E-state index in [4.69, 9.17) is 16.3 Å². The van der Waals surface area contributed by atoms with Gasteiger partial charge in [0, 0.05) is 15.7 Å². The van der Waals surface area contributed by atoms with Crippen molar-refractivity contribution in [1.82, 2.24) is 0 Å². The second-order valence-corrected chi connectivity index (χ2v) is 6.88. The molecule has 0 aliphatic carbocycles. The third kappa shape index (κ3) is 6.00. The number of thioether (sulfide) groups is 1. The number of esters is 1. The molecule has 0 saturated heterocycles. The number of para-hydroxylation sites is 1. The second-order valence-electron chi connectivity index (χ2n) is 5.27. The van der Waals surface area contributed by atoms with Crippen molar-refractivity contribution in [3.8, 4) is 0 Å². The molecule has 0 aliphatic heterocycles. The average Bonchev–Trinajstić information content (AvgIpc) is 2.59. The van der Waals surface area contributed by atoms with E-state index in [0.29, 0.717) is 10.8 Å². The van der Waals surface area contributed by atoms with Crippen LogP contribution in [-0.4, -0.2) is 23.7 Å². The lowest BCUT2D eigenvalue weighted by atomic mass is 10.2. The molecule has 0 saturated carbocycles. The predicted molar refractivity (Wildman–Crippen MR) is 97.3 cm³/mol. The minimum atomic E-state index is -1.18. The van der Waals surface area contributed by atoms with Gasteiger partial charge in [0.15, 0.2) is 6.10 Å². The van der Waals surface area contributed by atoms with Crippen molar-refractivity contribution in [3.05, 3.63) is 59.1 Å². The van der Waals surface area contributed by atoms with Gasteiger partial charge in [-0.25, -0.2) is 8.78 Å². The summed E-state index contributed by atoms with van der Waals surface area (Å²) in [4.78, 5) is 24.7. The summed E-state index contributed by atoms with van der Waals surface area (Å²) in [6, 6.07) is 10.4. The van der Waals surface area contributed by atoms with E-state index in [-0.39, 0.29) is 6.42 Å². The molecule has 0 unspecified atom stereocenters. The summed E-state index contributed by atoms with van der Waals surface area (Å²) < 4.78 is 32.0. The van der Waals surface area contributed by atoms with Gasteiger partial charge in [0.05, 0.1) is 6.42 Å². The number of nitrogens with one attached hydrogen (secondary N) is 1. The van der Waals surface area contributed by atoms with Crippen molar-refractivity contribution in [1.29, 1.82) is 0 Å². The van der Waals surface area contributed by atoms with Crippen molar-refractivity contribution >= 4 is 40.9 Å². The van der Waals surface area contributed by atoms with Crippen molar-refractivity contribution in [2.45, 2.75) is 24.3 Å². The van der Waals surface area contributed by atoms with Gasteiger partial charge in [-0.15, -0.1) is 11.8 Å². The van der Waals surface area contributed by atoms with Crippen LogP contribution in [0.15, 0.2) is 47.4 Å². The van der Waals surface area contributed by atoms with Gasteiger partial charge in [0.1, 0.15) is 17.3 Å². The van der Waals surface area contributed by atoms with Gasteiger partial charge in [-0.05, 0) is 43.3 Å². The number of hydrogen-bond acceptors (Lipinski definition) is 4. The fourth-order valence-electron chi connectivity index (χ4n) is 1.93. The molecule has 1 N–H and O–H groups in total. The van der Waals surface area contributed by atoms with Gasteiger partial charge in [-0.1, -0.05) is 17.7 Å². The summed E-state index contributed by atoms with van der Waals surface area (Å²) in [5.74, 6) is -2.75. The van der Waals surface area contributed by atoms with E-state index in [1.54, 1.807) is 12.1 Å². The lowest BCUT2D eigenvalue weighted by Gasteiger charge is -2.14. The Balaban J connectivity index is 1.78. The Kier molecular flexibility index (Phi) is 7.41. The number of rotatable bonds is 7. The molecule has 8 heteroatoms. The zero-order valence-corrected chi connectivity index (χ0v) is 15.4. The molecule has 2 aromatic rings. The Morgan fingerprint density at radius 1 is 1.15 bits per heavy atom. The highest BCUT2D eigenvalue weighted by Gasteiger charge is 2.20. The number of amides is 1. The number of carbonyl (C=O) groups excluding carboxylic acids is 2. The Morgan fingerprint density at radius 2 is 1.77 bits per heavy atom. The Bertz CT molecular complexity index is 766. The normalized spacial score (nSPS) is 11.7. The van der Waals surface area contributed by atoms with Gasteiger partial charge in [0.2, 0.25) is 0 Å². The third-order valence-corrected chi connectivity index (χ3v) is 4.54. The minimum Gasteiger partial charge on any atom is -0.453 e. The Labute approximate surface area is 158 Å². The molecule has 0 spiro atoms. The molecule has 0 aliphatic rings. The lowest BCUT2D eigenvalue weighted by molar-refractivity contribution is -0.152. The van der Waals surface area contributed by atoms with Crippen LogP contribution >= 0.6 is 23.4 Å². The average molecular weight is 400 g/mol. The van der Waals surface area contributed by atoms with Crippen LogP contribution in [0.25, 0.3) is 0 Å². The van der Waals surface area contributed by atoms with Crippen LogP contribution < -0.4 is 5.32 Å². The fraction of sp³-hybridized carbons (Fsp3) is 0.222. The van der Waals surface area contributed by atoms with Crippen LogP contribution in [0, 0.1) is 11.6 Å². The van der Waals surface area contributed by atoms with Crippen molar-refractivity contribution in [2.75, 3.05) is 11.1 Å². The Hall–Kier alpha value is -2.12. The lowest BCUT2D eigenvalue weighted by Crippen LogP contribution is -2.30. The maximum atomic E-state index is 13.5. The number of benzene rings is 2. The molecule has 26 heavy (non-hydrogen) atoms. The van der Waals surface area contributed by atoms with Crippen LogP contribution in [0.2, 0.25) is 5.02 Å². The first-order valence-electron chi connectivity index (χ1n) is 7.69. The third-order valence-electron chi connectivity index (χ3n) is 3.28. The zero-order valence-electron chi connectivity index (χ0n) is 13.8. The molecule has 1 atom stereocenters. The maximum absolute atomic E-state index is 13.5. The summed E-state index contributed by atoms with van der Waals surface area (Å²) in [7, 11) is 0. The smallest absolute Gasteiger partial charge is 0.307 e. The first-order valence-corrected chi connectivity index (χ1v) is 9.06. The van der Waals surface area contributed by atoms with E-state index in [2.05, 4.69) is 5.32 Å². The topological polar surface area (TPSA) is 55.4 Å². The van der Waals surface area contributed by atoms with Crippen molar-refractivity contribution in [2.24, 2.45) is 0 Å². The molecule has 4 nitrogen and oxygen atoms in total. The first-order chi connectivity index (χ1) is 12.4. The molecule has 0 aromatic heterocycles. The monoisotopic (exact) mass is 399 g/mol. The summed E-state index contributed by atoms with van der Waals surface area (Å²) >= 11 is 7.23. The zero-order chi connectivity index (χ0) is 19.1. The number of ether oxygens (including phenoxy) is 1. The highest BCUT2D eigenvalue weighted by atomic mass is 35.5. The van der Waals surface area contributed by atoms with Gasteiger partial charge in [-0.2, -0.15) is 0 Å². The molecule has 0 bridgehead atoms. The number of halogens is 3. The largest absolute Gasteiger partial charge is 0.453 e. The van der Waals surface area contributed by atoms with Gasteiger partial charge in [0.25, 0.3) is 5.91 Å². The molecule has 0 heterocycles. The van der Waals surface area contributed by atoms with E-state index in [0.717, 1.165) is 17.0 Å². The molecule has 1 amide bonds. The second kappa shape index (κ2) is 9.54. The molecule has 0 fully saturated rings. The number of hydrogen-bond donors (Lipinski definition) is 1. The quantitative estimate of drug-likeness (QED) is 0.543. The van der Waals surface area contributed by atoms with E-state index in [1.165, 1.54) is 24.8 Å². The number of anilines is 1. The minimum absolute atomic E-state index is 0.0823.